The van der Waals surface area contributed by atoms with Gasteiger partial charge in [0.2, 0.25) is 16.9 Å². The van der Waals surface area contributed by atoms with E-state index in [0.29, 0.717) is 5.75 Å². The number of carboxylic acid groups (broad SMARTS) is 1. The molecule has 0 saturated carbocycles. The lowest BCUT2D eigenvalue weighted by atomic mass is 9.85. The number of hydrogen-bond donors (Lipinski definition) is 3. The standard InChI is InChI=1S/C21H30N2O10S/c1-20(2)13-32-21(31-4,9-7-15(25)26)33-18(20)19(29)23-10-8-14(24)22-11-12-34-17(28)6-5-16(27)30-3/h5-7,9,18H,8,10-13H2,1-4H3,(H,22,24)(H,23,29)(H,25,26)/b6-5+,9-7+/t18-,21?/m0/s1. The summed E-state index contributed by atoms with van der Waals surface area (Å²) in [5.41, 5.74) is -0.752. The number of rotatable bonds is 12. The van der Waals surface area contributed by atoms with Gasteiger partial charge in [-0.25, -0.2) is 9.59 Å². The number of amides is 2. The molecular weight excluding hydrogens is 472 g/mol. The van der Waals surface area contributed by atoms with E-state index in [0.717, 1.165) is 36.1 Å². The van der Waals surface area contributed by atoms with Gasteiger partial charge in [-0.3, -0.25) is 14.4 Å². The first-order chi connectivity index (χ1) is 15.9. The van der Waals surface area contributed by atoms with Crippen LogP contribution in [0.5, 0.6) is 0 Å². The molecule has 12 nitrogen and oxygen atoms in total. The molecule has 1 aliphatic heterocycles. The Kier molecular flexibility index (Phi) is 11.9. The van der Waals surface area contributed by atoms with Crippen LogP contribution in [-0.4, -0.2) is 85.7 Å². The van der Waals surface area contributed by atoms with E-state index < -0.39 is 35.3 Å². The number of carbonyl (C=O) groups is 5. The normalized spacial score (nSPS) is 21.8. The van der Waals surface area contributed by atoms with Crippen LogP contribution in [0.25, 0.3) is 0 Å². The number of esters is 1. The van der Waals surface area contributed by atoms with Crippen molar-refractivity contribution in [2.45, 2.75) is 32.3 Å². The third-order valence-electron chi connectivity index (χ3n) is 4.47. The summed E-state index contributed by atoms with van der Waals surface area (Å²) in [5.74, 6) is -4.24. The summed E-state index contributed by atoms with van der Waals surface area (Å²) in [7, 11) is 2.46. The minimum Gasteiger partial charge on any atom is -0.478 e. The summed E-state index contributed by atoms with van der Waals surface area (Å²) < 4.78 is 20.7. The molecule has 0 radical (unpaired) electrons. The van der Waals surface area contributed by atoms with Gasteiger partial charge in [-0.05, 0) is 6.08 Å². The van der Waals surface area contributed by atoms with Crippen molar-refractivity contribution in [1.82, 2.24) is 10.6 Å². The van der Waals surface area contributed by atoms with Crippen molar-refractivity contribution in [3.05, 3.63) is 24.3 Å². The Morgan fingerprint density at radius 3 is 2.41 bits per heavy atom. The fraction of sp³-hybridized carbons (Fsp3) is 0.571. The van der Waals surface area contributed by atoms with Crippen molar-refractivity contribution in [3.8, 4) is 0 Å². The quantitative estimate of drug-likeness (QED) is 0.186. The monoisotopic (exact) mass is 502 g/mol. The molecule has 0 aromatic rings. The second-order valence-electron chi connectivity index (χ2n) is 7.67. The van der Waals surface area contributed by atoms with Crippen LogP contribution in [0.1, 0.15) is 20.3 Å². The van der Waals surface area contributed by atoms with Gasteiger partial charge in [-0.1, -0.05) is 25.6 Å². The van der Waals surface area contributed by atoms with E-state index in [2.05, 4.69) is 15.4 Å². The van der Waals surface area contributed by atoms with Crippen LogP contribution < -0.4 is 10.6 Å². The number of nitrogens with one attached hydrogen (secondary N) is 2. The molecule has 0 aromatic heterocycles. The van der Waals surface area contributed by atoms with Crippen molar-refractivity contribution < 1.29 is 48.0 Å². The van der Waals surface area contributed by atoms with Gasteiger partial charge in [0.25, 0.3) is 0 Å². The lowest BCUT2D eigenvalue weighted by Crippen LogP contribution is -2.58. The van der Waals surface area contributed by atoms with Crippen LogP contribution in [0.15, 0.2) is 24.3 Å². The predicted molar refractivity (Wildman–Crippen MR) is 120 cm³/mol. The van der Waals surface area contributed by atoms with Gasteiger partial charge in [-0.15, -0.1) is 0 Å². The Morgan fingerprint density at radius 1 is 1.09 bits per heavy atom. The molecule has 1 aliphatic rings. The highest BCUT2D eigenvalue weighted by Gasteiger charge is 2.49. The Morgan fingerprint density at radius 2 is 1.79 bits per heavy atom. The molecular formula is C21H30N2O10S. The maximum Gasteiger partial charge on any atom is 0.330 e. The summed E-state index contributed by atoms with van der Waals surface area (Å²) in [4.78, 5) is 58.0. The summed E-state index contributed by atoms with van der Waals surface area (Å²) in [6, 6.07) is 0. The number of carboxylic acids is 1. The molecule has 1 saturated heterocycles. The molecule has 3 N–H and O–H groups in total. The van der Waals surface area contributed by atoms with Gasteiger partial charge < -0.3 is 34.7 Å². The highest BCUT2D eigenvalue weighted by molar-refractivity contribution is 8.14. The number of carbonyl (C=O) groups excluding carboxylic acids is 4. The highest BCUT2D eigenvalue weighted by atomic mass is 32.2. The number of ether oxygens (including phenoxy) is 4. The fourth-order valence-corrected chi connectivity index (χ4v) is 3.21. The maximum atomic E-state index is 12.7. The fourth-order valence-electron chi connectivity index (χ4n) is 2.64. The van der Waals surface area contributed by atoms with E-state index in [-0.39, 0.29) is 37.1 Å². The van der Waals surface area contributed by atoms with Crippen LogP contribution >= 0.6 is 11.8 Å². The molecule has 0 aromatic carbocycles. The number of hydrogen-bond acceptors (Lipinski definition) is 10. The van der Waals surface area contributed by atoms with E-state index in [4.69, 9.17) is 19.3 Å². The van der Waals surface area contributed by atoms with Gasteiger partial charge >= 0.3 is 17.9 Å². The zero-order chi connectivity index (χ0) is 25.8. The minimum absolute atomic E-state index is 0.00934. The van der Waals surface area contributed by atoms with Crippen molar-refractivity contribution >= 4 is 40.6 Å². The largest absolute Gasteiger partial charge is 0.478 e. The number of methoxy groups -OCH3 is 2. The first-order valence-electron chi connectivity index (χ1n) is 10.2. The van der Waals surface area contributed by atoms with Crippen LogP contribution in [0, 0.1) is 5.41 Å². The summed E-state index contributed by atoms with van der Waals surface area (Å²) in [6.45, 7) is 3.78. The average Bonchev–Trinajstić information content (AvgIpc) is 2.79. The van der Waals surface area contributed by atoms with E-state index in [9.17, 15) is 24.0 Å². The molecule has 0 bridgehead atoms. The van der Waals surface area contributed by atoms with Crippen molar-refractivity contribution in [3.63, 3.8) is 0 Å². The minimum atomic E-state index is -1.82. The first-order valence-corrected chi connectivity index (χ1v) is 11.2. The van der Waals surface area contributed by atoms with Crippen molar-refractivity contribution in [2.75, 3.05) is 39.7 Å². The first kappa shape index (κ1) is 29.3. The number of aliphatic carboxylic acids is 1. The van der Waals surface area contributed by atoms with Crippen LogP contribution in [0.3, 0.4) is 0 Å². The zero-order valence-electron chi connectivity index (χ0n) is 19.5. The molecule has 190 valence electrons. The Hall–Kier alpha value is -2.74. The van der Waals surface area contributed by atoms with E-state index >= 15 is 0 Å². The van der Waals surface area contributed by atoms with Crippen LogP contribution in [0.2, 0.25) is 0 Å². The molecule has 1 unspecified atom stereocenters. The average molecular weight is 503 g/mol. The maximum absolute atomic E-state index is 12.7. The topological polar surface area (TPSA) is 167 Å². The highest BCUT2D eigenvalue weighted by Crippen LogP contribution is 2.36. The third kappa shape index (κ3) is 10.0. The second-order valence-corrected chi connectivity index (χ2v) is 8.77. The van der Waals surface area contributed by atoms with Gasteiger partial charge in [0, 0.05) is 56.0 Å². The van der Waals surface area contributed by atoms with E-state index in [1.54, 1.807) is 13.8 Å². The van der Waals surface area contributed by atoms with Gasteiger partial charge in [-0.2, -0.15) is 0 Å². The van der Waals surface area contributed by atoms with Crippen LogP contribution in [0.4, 0.5) is 0 Å². The SMILES string of the molecule is COC(=O)/C=C/C(=O)SCCNC(=O)CCNC(=O)[C@@H]1OC(/C=C/C(=O)O)(OC)OCC1(C)C. The molecule has 1 heterocycles. The molecule has 0 spiro atoms. The molecule has 1 fully saturated rings. The predicted octanol–water partition coefficient (Wildman–Crippen LogP) is -0.0195. The Balaban J connectivity index is 2.46. The Bertz CT molecular complexity index is 826. The summed E-state index contributed by atoms with van der Waals surface area (Å²) in [5, 5.41) is 13.7. The lowest BCUT2D eigenvalue weighted by molar-refractivity contribution is -0.396. The van der Waals surface area contributed by atoms with Crippen molar-refractivity contribution in [1.29, 1.82) is 0 Å². The van der Waals surface area contributed by atoms with Crippen molar-refractivity contribution in [2.24, 2.45) is 5.41 Å². The Labute approximate surface area is 201 Å². The molecule has 1 rings (SSSR count). The molecule has 2 atom stereocenters. The van der Waals surface area contributed by atoms with E-state index in [1.807, 2.05) is 0 Å². The zero-order valence-corrected chi connectivity index (χ0v) is 20.3. The molecule has 2 amide bonds. The van der Waals surface area contributed by atoms with Crippen LogP contribution in [-0.2, 0) is 42.9 Å². The molecule has 0 aliphatic carbocycles. The third-order valence-corrected chi connectivity index (χ3v) is 5.30. The molecule has 34 heavy (non-hydrogen) atoms. The summed E-state index contributed by atoms with van der Waals surface area (Å²) >= 11 is 0.925. The second kappa shape index (κ2) is 13.8. The smallest absolute Gasteiger partial charge is 0.330 e. The summed E-state index contributed by atoms with van der Waals surface area (Å²) in [6.07, 6.45) is 2.91. The van der Waals surface area contributed by atoms with Gasteiger partial charge in [0.05, 0.1) is 13.7 Å². The van der Waals surface area contributed by atoms with Gasteiger partial charge in [0.1, 0.15) is 6.10 Å². The van der Waals surface area contributed by atoms with Gasteiger partial charge in [0.15, 0.2) is 0 Å². The number of thioether (sulfide) groups is 1. The lowest BCUT2D eigenvalue weighted by Gasteiger charge is -2.45. The molecule has 13 heteroatoms. The van der Waals surface area contributed by atoms with E-state index in [1.165, 1.54) is 14.2 Å².